The molecule has 96 valence electrons. The topological polar surface area (TPSA) is 35.8 Å². The maximum Gasteiger partial charge on any atom is 0.129 e. The van der Waals surface area contributed by atoms with Gasteiger partial charge < -0.3 is 0 Å². The molecule has 0 saturated heterocycles. The molecule has 0 unspecified atom stereocenters. The molecular weight excluding hydrogens is 300 g/mol. The maximum absolute atomic E-state index is 9.46. The van der Waals surface area contributed by atoms with Gasteiger partial charge in [0.1, 0.15) is 5.54 Å². The molecule has 0 aromatic heterocycles. The van der Waals surface area contributed by atoms with Gasteiger partial charge >= 0.3 is 0 Å². The van der Waals surface area contributed by atoms with Crippen LogP contribution in [0.1, 0.15) is 18.1 Å². The lowest BCUT2D eigenvalue weighted by Gasteiger charge is -2.24. The summed E-state index contributed by atoms with van der Waals surface area (Å²) in [5.41, 5.74) is 1.45. The molecule has 0 radical (unpaired) electrons. The third-order valence-electron chi connectivity index (χ3n) is 3.13. The Morgan fingerprint density at radius 2 is 1.74 bits per heavy atom. The smallest absolute Gasteiger partial charge is 0.129 e. The normalized spacial score (nSPS) is 13.5. The van der Waals surface area contributed by atoms with E-state index >= 15 is 0 Å². The molecule has 2 rings (SSSR count). The molecule has 0 heterocycles. The molecule has 0 amide bonds. The Bertz CT molecular complexity index is 572. The van der Waals surface area contributed by atoms with Crippen molar-refractivity contribution in [1.82, 2.24) is 5.32 Å². The van der Waals surface area contributed by atoms with Gasteiger partial charge in [0.05, 0.1) is 6.07 Å². The van der Waals surface area contributed by atoms with E-state index in [1.54, 1.807) is 0 Å². The lowest BCUT2D eigenvalue weighted by Crippen LogP contribution is -2.37. The lowest BCUT2D eigenvalue weighted by atomic mass is 9.93. The number of hydrogen-bond donors (Lipinski definition) is 1. The van der Waals surface area contributed by atoms with Gasteiger partial charge in [-0.15, -0.1) is 0 Å². The first kappa shape index (κ1) is 13.8. The van der Waals surface area contributed by atoms with E-state index in [1.165, 1.54) is 5.56 Å². The van der Waals surface area contributed by atoms with Gasteiger partial charge in [0, 0.05) is 11.0 Å². The van der Waals surface area contributed by atoms with Crippen molar-refractivity contribution in [2.24, 2.45) is 0 Å². The molecule has 1 N–H and O–H groups in total. The number of benzene rings is 2. The Labute approximate surface area is 122 Å². The number of halogens is 1. The zero-order chi connectivity index (χ0) is 13.7. The third-order valence-corrected chi connectivity index (χ3v) is 3.66. The first-order valence-corrected chi connectivity index (χ1v) is 6.89. The van der Waals surface area contributed by atoms with Crippen LogP contribution in [0.3, 0.4) is 0 Å². The molecule has 3 heteroatoms. The minimum atomic E-state index is -0.684. The van der Waals surface area contributed by atoms with Crippen molar-refractivity contribution in [3.63, 3.8) is 0 Å². The zero-order valence-electron chi connectivity index (χ0n) is 10.7. The predicted molar refractivity (Wildman–Crippen MR) is 80.4 cm³/mol. The van der Waals surface area contributed by atoms with Gasteiger partial charge in [-0.3, -0.25) is 5.32 Å². The molecule has 0 spiro atoms. The van der Waals surface area contributed by atoms with E-state index in [0.29, 0.717) is 6.54 Å². The van der Waals surface area contributed by atoms with E-state index in [0.717, 1.165) is 10.0 Å². The second-order valence-corrected chi connectivity index (χ2v) is 5.50. The third kappa shape index (κ3) is 3.44. The molecule has 2 nitrogen and oxygen atoms in total. The van der Waals surface area contributed by atoms with E-state index in [1.807, 2.05) is 61.5 Å². The summed E-state index contributed by atoms with van der Waals surface area (Å²) >= 11 is 3.41. The highest BCUT2D eigenvalue weighted by molar-refractivity contribution is 9.10. The van der Waals surface area contributed by atoms with Crippen molar-refractivity contribution < 1.29 is 0 Å². The van der Waals surface area contributed by atoms with Crippen LogP contribution in [0.15, 0.2) is 59.1 Å². The Kier molecular flexibility index (Phi) is 4.36. The Balaban J connectivity index is 2.15. The molecule has 1 atom stereocenters. The van der Waals surface area contributed by atoms with Crippen molar-refractivity contribution in [3.8, 4) is 6.07 Å². The van der Waals surface area contributed by atoms with Crippen LogP contribution in [0.2, 0.25) is 0 Å². The Hall–Kier alpha value is -1.63. The minimum absolute atomic E-state index is 0.668. The fraction of sp³-hybridized carbons (Fsp3) is 0.188. The van der Waals surface area contributed by atoms with Crippen LogP contribution in [0.25, 0.3) is 0 Å². The second kappa shape index (κ2) is 6.01. The number of nitrogens with one attached hydrogen (secondary N) is 1. The number of rotatable bonds is 4. The summed E-state index contributed by atoms with van der Waals surface area (Å²) in [4.78, 5) is 0. The van der Waals surface area contributed by atoms with Crippen LogP contribution >= 0.6 is 15.9 Å². The van der Waals surface area contributed by atoms with Gasteiger partial charge in [0.2, 0.25) is 0 Å². The monoisotopic (exact) mass is 314 g/mol. The molecule has 0 saturated carbocycles. The standard InChI is InChI=1S/C16H15BrN2/c1-16(12-18,14-7-9-15(17)10-8-14)19-11-13-5-3-2-4-6-13/h2-10,19H,11H2,1H3/t16-/m0/s1. The molecule has 0 bridgehead atoms. The van der Waals surface area contributed by atoms with Crippen LogP contribution in [-0.2, 0) is 12.1 Å². The molecule has 19 heavy (non-hydrogen) atoms. The van der Waals surface area contributed by atoms with Crippen molar-refractivity contribution in [1.29, 1.82) is 5.26 Å². The zero-order valence-corrected chi connectivity index (χ0v) is 12.3. The molecule has 0 aliphatic carbocycles. The van der Waals surface area contributed by atoms with Crippen molar-refractivity contribution >= 4 is 15.9 Å². The molecule has 2 aromatic rings. The summed E-state index contributed by atoms with van der Waals surface area (Å²) in [6.45, 7) is 2.57. The fourth-order valence-corrected chi connectivity index (χ4v) is 2.13. The average molecular weight is 315 g/mol. The van der Waals surface area contributed by atoms with Gasteiger partial charge in [0.15, 0.2) is 0 Å². The first-order valence-electron chi connectivity index (χ1n) is 6.10. The maximum atomic E-state index is 9.46. The van der Waals surface area contributed by atoms with Gasteiger partial charge in [-0.25, -0.2) is 0 Å². The van der Waals surface area contributed by atoms with E-state index in [-0.39, 0.29) is 0 Å². The highest BCUT2D eigenvalue weighted by atomic mass is 79.9. The minimum Gasteiger partial charge on any atom is -0.292 e. The van der Waals surface area contributed by atoms with Gasteiger partial charge in [-0.05, 0) is 30.2 Å². The van der Waals surface area contributed by atoms with Crippen LogP contribution < -0.4 is 5.32 Å². The molecule has 0 aliphatic rings. The Morgan fingerprint density at radius 3 is 2.32 bits per heavy atom. The van der Waals surface area contributed by atoms with Gasteiger partial charge in [0.25, 0.3) is 0 Å². The van der Waals surface area contributed by atoms with Gasteiger partial charge in [-0.2, -0.15) is 5.26 Å². The van der Waals surface area contributed by atoms with E-state index in [9.17, 15) is 5.26 Å². The largest absolute Gasteiger partial charge is 0.292 e. The molecular formula is C16H15BrN2. The average Bonchev–Trinajstić information content (AvgIpc) is 2.46. The SMILES string of the molecule is C[C@@](C#N)(NCc1ccccc1)c1ccc(Br)cc1. The summed E-state index contributed by atoms with van der Waals surface area (Å²) in [6.07, 6.45) is 0. The molecule has 0 fully saturated rings. The first-order chi connectivity index (χ1) is 9.14. The Morgan fingerprint density at radius 1 is 1.11 bits per heavy atom. The van der Waals surface area contributed by atoms with Crippen molar-refractivity contribution in [3.05, 3.63) is 70.2 Å². The highest BCUT2D eigenvalue weighted by Crippen LogP contribution is 2.22. The fourth-order valence-electron chi connectivity index (χ4n) is 1.86. The summed E-state index contributed by atoms with van der Waals surface area (Å²) in [5, 5.41) is 12.8. The van der Waals surface area contributed by atoms with Crippen LogP contribution in [0.4, 0.5) is 0 Å². The quantitative estimate of drug-likeness (QED) is 0.926. The highest BCUT2D eigenvalue weighted by Gasteiger charge is 2.25. The van der Waals surface area contributed by atoms with Crippen LogP contribution in [-0.4, -0.2) is 0 Å². The van der Waals surface area contributed by atoms with E-state index in [4.69, 9.17) is 0 Å². The molecule has 0 aliphatic heterocycles. The van der Waals surface area contributed by atoms with E-state index in [2.05, 4.69) is 27.3 Å². The predicted octanol–water partition coefficient (Wildman–Crippen LogP) is 3.98. The number of nitrogens with zero attached hydrogens (tertiary/aromatic N) is 1. The van der Waals surface area contributed by atoms with Gasteiger partial charge in [-0.1, -0.05) is 58.4 Å². The van der Waals surface area contributed by atoms with Crippen molar-refractivity contribution in [2.75, 3.05) is 0 Å². The number of hydrogen-bond acceptors (Lipinski definition) is 2. The lowest BCUT2D eigenvalue weighted by molar-refractivity contribution is 0.464. The summed E-state index contributed by atoms with van der Waals surface area (Å²) in [7, 11) is 0. The van der Waals surface area contributed by atoms with Crippen molar-refractivity contribution in [2.45, 2.75) is 19.0 Å². The summed E-state index contributed by atoms with van der Waals surface area (Å²) in [5.74, 6) is 0. The van der Waals surface area contributed by atoms with E-state index < -0.39 is 5.54 Å². The summed E-state index contributed by atoms with van der Waals surface area (Å²) in [6, 6.07) is 20.3. The summed E-state index contributed by atoms with van der Waals surface area (Å²) < 4.78 is 1.01. The molecule has 2 aromatic carbocycles. The second-order valence-electron chi connectivity index (χ2n) is 4.58. The van der Waals surface area contributed by atoms with Crippen LogP contribution in [0, 0.1) is 11.3 Å². The number of nitriles is 1. The van der Waals surface area contributed by atoms with Crippen LogP contribution in [0.5, 0.6) is 0 Å².